The molecule has 2 aliphatic heterocycles. The highest BCUT2D eigenvalue weighted by Gasteiger charge is 2.34. The molecule has 0 aliphatic carbocycles. The van der Waals surface area contributed by atoms with Gasteiger partial charge in [0.25, 0.3) is 0 Å². The Morgan fingerprint density at radius 2 is 1.97 bits per heavy atom. The molecule has 2 fully saturated rings. The van der Waals surface area contributed by atoms with E-state index in [2.05, 4.69) is 15.3 Å². The van der Waals surface area contributed by atoms with E-state index >= 15 is 4.39 Å². The van der Waals surface area contributed by atoms with Crippen LogP contribution < -0.4 is 25.4 Å². The lowest BCUT2D eigenvalue weighted by Crippen LogP contribution is -2.51. The summed E-state index contributed by atoms with van der Waals surface area (Å²) >= 11 is 0. The molecule has 3 heterocycles. The minimum absolute atomic E-state index is 0. The zero-order chi connectivity index (χ0) is 25.2. The highest BCUT2D eigenvalue weighted by Crippen LogP contribution is 2.38. The zero-order valence-corrected chi connectivity index (χ0v) is 21.8. The van der Waals surface area contributed by atoms with Gasteiger partial charge < -0.3 is 30.3 Å². The number of carbonyl (C=O) groups excluding carboxylic acids is 1. The summed E-state index contributed by atoms with van der Waals surface area (Å²) in [5, 5.41) is 3.75. The lowest BCUT2D eigenvalue weighted by molar-refractivity contribution is -0.132. The zero-order valence-electron chi connectivity index (χ0n) is 20.9. The lowest BCUT2D eigenvalue weighted by Gasteiger charge is -2.42. The third-order valence-corrected chi connectivity index (χ3v) is 7.05. The summed E-state index contributed by atoms with van der Waals surface area (Å²) in [6, 6.07) is 11.5. The number of halogens is 2. The van der Waals surface area contributed by atoms with E-state index in [0.29, 0.717) is 37.4 Å². The molecule has 11 heteroatoms. The van der Waals surface area contributed by atoms with Gasteiger partial charge in [0.15, 0.2) is 17.3 Å². The number of piperazine rings is 1. The Hall–Kier alpha value is -3.37. The van der Waals surface area contributed by atoms with Crippen molar-refractivity contribution in [2.45, 2.75) is 31.3 Å². The number of rotatable bonds is 6. The van der Waals surface area contributed by atoms with E-state index in [-0.39, 0.29) is 53.2 Å². The first-order valence-electron chi connectivity index (χ1n) is 12.2. The van der Waals surface area contributed by atoms with Gasteiger partial charge >= 0.3 is 0 Å². The van der Waals surface area contributed by atoms with E-state index in [9.17, 15) is 4.79 Å². The third kappa shape index (κ3) is 5.21. The van der Waals surface area contributed by atoms with Crippen LogP contribution in [-0.2, 0) is 4.79 Å². The molecule has 2 aromatic carbocycles. The first kappa shape index (κ1) is 26.7. The van der Waals surface area contributed by atoms with Crippen LogP contribution in [0.25, 0.3) is 10.9 Å². The summed E-state index contributed by atoms with van der Waals surface area (Å²) in [7, 11) is 2.81. The second-order valence-electron chi connectivity index (χ2n) is 9.19. The van der Waals surface area contributed by atoms with Crippen LogP contribution in [0.15, 0.2) is 36.4 Å². The number of fused-ring (bicyclic) bond motifs is 1. The fourth-order valence-electron chi connectivity index (χ4n) is 5.15. The van der Waals surface area contributed by atoms with Crippen molar-refractivity contribution in [3.8, 4) is 11.5 Å². The number of amides is 1. The summed E-state index contributed by atoms with van der Waals surface area (Å²) in [4.78, 5) is 26.2. The van der Waals surface area contributed by atoms with Crippen molar-refractivity contribution in [1.82, 2.24) is 20.2 Å². The maximum absolute atomic E-state index is 15.4. The minimum Gasteiger partial charge on any atom is -0.493 e. The number of nitrogen functional groups attached to an aromatic ring is 1. The Bertz CT molecular complexity index is 1260. The molecule has 2 saturated heterocycles. The summed E-state index contributed by atoms with van der Waals surface area (Å²) < 4.78 is 25.9. The van der Waals surface area contributed by atoms with Crippen LogP contribution >= 0.6 is 12.4 Å². The average Bonchev–Trinajstić information content (AvgIpc) is 3.42. The second kappa shape index (κ2) is 11.4. The molecule has 1 aromatic heterocycles. The number of nitrogens with zero attached hydrogens (tertiary/aromatic N) is 4. The molecule has 5 rings (SSSR count). The summed E-state index contributed by atoms with van der Waals surface area (Å²) in [5.74, 6) is 0.117. The van der Waals surface area contributed by atoms with Gasteiger partial charge in [-0.15, -0.1) is 12.4 Å². The largest absolute Gasteiger partial charge is 0.493 e. The molecule has 3 N–H and O–H groups in total. The molecule has 0 unspecified atom stereocenters. The Morgan fingerprint density at radius 3 is 2.65 bits per heavy atom. The maximum Gasteiger partial charge on any atom is 0.228 e. The highest BCUT2D eigenvalue weighted by molar-refractivity contribution is 5.92. The second-order valence-corrected chi connectivity index (χ2v) is 9.19. The lowest BCUT2D eigenvalue weighted by atomic mass is 10.0. The van der Waals surface area contributed by atoms with E-state index in [1.165, 1.54) is 14.2 Å². The quantitative estimate of drug-likeness (QED) is 0.500. The van der Waals surface area contributed by atoms with Crippen molar-refractivity contribution in [2.75, 3.05) is 51.0 Å². The van der Waals surface area contributed by atoms with Gasteiger partial charge in [-0.25, -0.2) is 9.37 Å². The number of benzene rings is 2. The molecular weight excluding hydrogens is 499 g/mol. The Kier molecular flexibility index (Phi) is 8.19. The topological polar surface area (TPSA) is 106 Å². The van der Waals surface area contributed by atoms with Crippen LogP contribution in [0.2, 0.25) is 0 Å². The maximum atomic E-state index is 15.4. The smallest absolute Gasteiger partial charge is 0.228 e. The number of hydrogen-bond acceptors (Lipinski definition) is 8. The first-order chi connectivity index (χ1) is 17.5. The molecule has 0 radical (unpaired) electrons. The molecule has 37 heavy (non-hydrogen) atoms. The molecular formula is C26H32ClFN6O3. The van der Waals surface area contributed by atoms with E-state index in [0.717, 1.165) is 24.9 Å². The van der Waals surface area contributed by atoms with Crippen molar-refractivity contribution in [2.24, 2.45) is 0 Å². The van der Waals surface area contributed by atoms with E-state index in [4.69, 9.17) is 15.2 Å². The Morgan fingerprint density at radius 1 is 1.19 bits per heavy atom. The van der Waals surface area contributed by atoms with Crippen molar-refractivity contribution in [3.63, 3.8) is 0 Å². The predicted octanol–water partition coefficient (Wildman–Crippen LogP) is 3.32. The fraction of sp³-hybridized carbons (Fsp3) is 0.423. The number of ether oxygens (including phenoxy) is 2. The van der Waals surface area contributed by atoms with Gasteiger partial charge in [-0.3, -0.25) is 4.79 Å². The number of anilines is 2. The SMILES string of the molecule is COc1cc2c(N)nc(N3CCN(C(=O)C[C@@H]4CCCN4)C[C@@H]3c3ccccc3)nc2c(F)c1OC.Cl. The minimum atomic E-state index is -0.656. The third-order valence-electron chi connectivity index (χ3n) is 7.05. The standard InChI is InChI=1S/C26H31FN6O3.ClH/c1-35-20-14-18-23(22(27)24(20)36-2)30-26(31-25(18)28)33-12-11-32(21(34)13-17-9-6-10-29-17)15-19(33)16-7-4-3-5-8-16;/h3-5,7-8,14,17,19,29H,6,9-13,15H2,1-2H3,(H2,28,30,31);1H/t17-,19+;/m0./s1. The molecule has 0 saturated carbocycles. The molecule has 2 atom stereocenters. The molecule has 0 spiro atoms. The van der Waals surface area contributed by atoms with E-state index in [1.54, 1.807) is 6.07 Å². The highest BCUT2D eigenvalue weighted by atomic mass is 35.5. The van der Waals surface area contributed by atoms with Crippen LogP contribution in [0.1, 0.15) is 30.9 Å². The molecule has 0 bridgehead atoms. The van der Waals surface area contributed by atoms with Gasteiger partial charge in [0.05, 0.1) is 20.3 Å². The molecule has 3 aromatic rings. The van der Waals surface area contributed by atoms with Gasteiger partial charge in [-0.05, 0) is 31.0 Å². The number of aromatic nitrogens is 2. The van der Waals surface area contributed by atoms with Gasteiger partial charge in [-0.2, -0.15) is 4.98 Å². The molecule has 198 valence electrons. The van der Waals surface area contributed by atoms with Crippen LogP contribution in [0.5, 0.6) is 11.5 Å². The molecule has 2 aliphatic rings. The number of nitrogens with one attached hydrogen (secondary N) is 1. The van der Waals surface area contributed by atoms with Gasteiger partial charge in [0, 0.05) is 37.5 Å². The van der Waals surface area contributed by atoms with E-state index in [1.807, 2.05) is 40.1 Å². The number of nitrogens with two attached hydrogens (primary N) is 1. The van der Waals surface area contributed by atoms with Crippen molar-refractivity contribution >= 4 is 41.0 Å². The first-order valence-corrected chi connectivity index (χ1v) is 12.2. The number of carbonyl (C=O) groups is 1. The predicted molar refractivity (Wildman–Crippen MR) is 143 cm³/mol. The van der Waals surface area contributed by atoms with Crippen LogP contribution in [-0.4, -0.2) is 67.2 Å². The van der Waals surface area contributed by atoms with Crippen LogP contribution in [0.3, 0.4) is 0 Å². The monoisotopic (exact) mass is 530 g/mol. The van der Waals surface area contributed by atoms with Crippen molar-refractivity contribution in [3.05, 3.63) is 47.8 Å². The van der Waals surface area contributed by atoms with Crippen LogP contribution in [0, 0.1) is 5.82 Å². The fourth-order valence-corrected chi connectivity index (χ4v) is 5.15. The summed E-state index contributed by atoms with van der Waals surface area (Å²) in [6.07, 6.45) is 2.62. The molecule has 9 nitrogen and oxygen atoms in total. The van der Waals surface area contributed by atoms with Crippen molar-refractivity contribution in [1.29, 1.82) is 0 Å². The van der Waals surface area contributed by atoms with Gasteiger partial charge in [0.2, 0.25) is 11.9 Å². The summed E-state index contributed by atoms with van der Waals surface area (Å²) in [6.45, 7) is 2.45. The Labute approximate surface area is 221 Å². The van der Waals surface area contributed by atoms with Gasteiger partial charge in [0.1, 0.15) is 11.3 Å². The molecule has 1 amide bonds. The van der Waals surface area contributed by atoms with E-state index < -0.39 is 5.82 Å². The normalized spacial score (nSPS) is 19.5. The number of hydrogen-bond donors (Lipinski definition) is 2. The average molecular weight is 531 g/mol. The Balaban J connectivity index is 0.00000320. The van der Waals surface area contributed by atoms with Gasteiger partial charge in [-0.1, -0.05) is 30.3 Å². The number of methoxy groups -OCH3 is 2. The van der Waals surface area contributed by atoms with Crippen LogP contribution in [0.4, 0.5) is 16.2 Å². The van der Waals surface area contributed by atoms with Crippen molar-refractivity contribution < 1.29 is 18.7 Å². The summed E-state index contributed by atoms with van der Waals surface area (Å²) in [5.41, 5.74) is 7.37.